The summed E-state index contributed by atoms with van der Waals surface area (Å²) in [7, 11) is -3.59. The molecule has 3 saturated heterocycles. The number of rotatable bonds is 3. The second kappa shape index (κ2) is 6.64. The van der Waals surface area contributed by atoms with E-state index in [0.717, 1.165) is 43.6 Å². The molecule has 3 aliphatic rings. The maximum atomic E-state index is 13.3. The standard InChI is InChI=1S/C17H25N3O3S2/c1-12-4-7-16(24-12)25(22,23)19-10-2-3-15(19)17(21)20-13-5-6-14(20)11-18-9-8-13/h4,7,13-15,18H,2-3,5-6,8-11H2,1H3. The fourth-order valence-electron chi connectivity index (χ4n) is 4.46. The van der Waals surface area contributed by atoms with Gasteiger partial charge in [0.05, 0.1) is 0 Å². The zero-order valence-corrected chi connectivity index (χ0v) is 16.1. The van der Waals surface area contributed by atoms with Crippen LogP contribution in [0, 0.1) is 6.92 Å². The molecule has 8 heteroatoms. The monoisotopic (exact) mass is 383 g/mol. The maximum absolute atomic E-state index is 13.3. The maximum Gasteiger partial charge on any atom is 0.253 e. The van der Waals surface area contributed by atoms with Gasteiger partial charge in [-0.1, -0.05) is 0 Å². The highest BCUT2D eigenvalue weighted by Crippen LogP contribution is 2.34. The average molecular weight is 384 g/mol. The van der Waals surface area contributed by atoms with Gasteiger partial charge in [-0.3, -0.25) is 4.79 Å². The molecule has 1 N–H and O–H groups in total. The molecule has 1 aromatic rings. The largest absolute Gasteiger partial charge is 0.334 e. The summed E-state index contributed by atoms with van der Waals surface area (Å²) in [5.74, 6) is 0.0190. The summed E-state index contributed by atoms with van der Waals surface area (Å²) in [6, 6.07) is 3.43. The third kappa shape index (κ3) is 3.03. The van der Waals surface area contributed by atoms with E-state index in [9.17, 15) is 13.2 Å². The van der Waals surface area contributed by atoms with Crippen LogP contribution >= 0.6 is 11.3 Å². The van der Waals surface area contributed by atoms with E-state index in [1.54, 1.807) is 6.07 Å². The van der Waals surface area contributed by atoms with Gasteiger partial charge in [-0.25, -0.2) is 8.42 Å². The number of thiophene rings is 1. The van der Waals surface area contributed by atoms with E-state index in [1.807, 2.05) is 17.9 Å². The molecule has 138 valence electrons. The fraction of sp³-hybridized carbons (Fsp3) is 0.706. The summed E-state index contributed by atoms with van der Waals surface area (Å²) in [5, 5.41) is 3.40. The molecule has 3 aliphatic heterocycles. The summed E-state index contributed by atoms with van der Waals surface area (Å²) >= 11 is 1.28. The van der Waals surface area contributed by atoms with E-state index in [0.29, 0.717) is 17.2 Å². The van der Waals surface area contributed by atoms with Crippen molar-refractivity contribution in [3.8, 4) is 0 Å². The second-order valence-corrected chi connectivity index (χ2v) is 10.7. The molecule has 3 unspecified atom stereocenters. The van der Waals surface area contributed by atoms with Crippen molar-refractivity contribution in [1.29, 1.82) is 0 Å². The predicted octanol–water partition coefficient (Wildman–Crippen LogP) is 1.56. The van der Waals surface area contributed by atoms with Crippen LogP contribution in [0.25, 0.3) is 0 Å². The minimum atomic E-state index is -3.59. The van der Waals surface area contributed by atoms with E-state index in [2.05, 4.69) is 5.32 Å². The van der Waals surface area contributed by atoms with Crippen LogP contribution in [0.4, 0.5) is 0 Å². The Labute approximate surface area is 153 Å². The van der Waals surface area contributed by atoms with Crippen molar-refractivity contribution in [2.45, 2.75) is 61.4 Å². The van der Waals surface area contributed by atoms with Crippen LogP contribution in [-0.4, -0.2) is 61.3 Å². The Morgan fingerprint density at radius 1 is 1.20 bits per heavy atom. The third-order valence-electron chi connectivity index (χ3n) is 5.68. The van der Waals surface area contributed by atoms with Gasteiger partial charge in [-0.05, 0) is 57.7 Å². The molecule has 4 rings (SSSR count). The highest BCUT2D eigenvalue weighted by atomic mass is 32.2. The minimum Gasteiger partial charge on any atom is -0.334 e. The lowest BCUT2D eigenvalue weighted by molar-refractivity contribution is -0.137. The van der Waals surface area contributed by atoms with Crippen LogP contribution < -0.4 is 5.32 Å². The molecule has 2 bridgehead atoms. The Morgan fingerprint density at radius 3 is 2.76 bits per heavy atom. The SMILES string of the molecule is Cc1ccc(S(=O)(=O)N2CCCC2C(=O)N2C3CCNCC2CC3)s1. The molecular formula is C17H25N3O3S2. The Hall–Kier alpha value is -0.960. The molecule has 0 saturated carbocycles. The lowest BCUT2D eigenvalue weighted by Crippen LogP contribution is -2.52. The van der Waals surface area contributed by atoms with Gasteiger partial charge in [0.1, 0.15) is 10.3 Å². The number of aryl methyl sites for hydroxylation is 1. The van der Waals surface area contributed by atoms with Crippen molar-refractivity contribution < 1.29 is 13.2 Å². The molecule has 0 spiro atoms. The Balaban J connectivity index is 1.60. The first kappa shape index (κ1) is 17.5. The van der Waals surface area contributed by atoms with Gasteiger partial charge in [0, 0.05) is 30.1 Å². The van der Waals surface area contributed by atoms with Crippen LogP contribution in [0.2, 0.25) is 0 Å². The topological polar surface area (TPSA) is 69.7 Å². The molecule has 3 atom stereocenters. The first-order valence-corrected chi connectivity index (χ1v) is 11.4. The summed E-state index contributed by atoms with van der Waals surface area (Å²) in [6.45, 7) is 4.10. The summed E-state index contributed by atoms with van der Waals surface area (Å²) in [4.78, 5) is 16.3. The van der Waals surface area contributed by atoms with Gasteiger partial charge in [-0.15, -0.1) is 11.3 Å². The van der Waals surface area contributed by atoms with Crippen molar-refractivity contribution >= 4 is 27.3 Å². The molecule has 1 aromatic heterocycles. The van der Waals surface area contributed by atoms with Crippen molar-refractivity contribution in [1.82, 2.24) is 14.5 Å². The summed E-state index contributed by atoms with van der Waals surface area (Å²) in [5.41, 5.74) is 0. The Bertz CT molecular complexity index is 747. The van der Waals surface area contributed by atoms with E-state index < -0.39 is 16.1 Å². The highest BCUT2D eigenvalue weighted by molar-refractivity contribution is 7.91. The molecule has 3 fully saturated rings. The van der Waals surface area contributed by atoms with E-state index in [-0.39, 0.29) is 18.0 Å². The molecule has 0 aliphatic carbocycles. The number of hydrogen-bond donors (Lipinski definition) is 1. The van der Waals surface area contributed by atoms with Crippen LogP contribution in [-0.2, 0) is 14.8 Å². The lowest BCUT2D eigenvalue weighted by atomic mass is 10.1. The minimum absolute atomic E-state index is 0.0190. The van der Waals surface area contributed by atoms with Gasteiger partial charge >= 0.3 is 0 Å². The summed E-state index contributed by atoms with van der Waals surface area (Å²) < 4.78 is 27.9. The molecule has 0 aromatic carbocycles. The molecule has 1 amide bonds. The van der Waals surface area contributed by atoms with E-state index in [4.69, 9.17) is 0 Å². The molecular weight excluding hydrogens is 358 g/mol. The fourth-order valence-corrected chi connectivity index (χ4v) is 7.52. The first-order valence-electron chi connectivity index (χ1n) is 9.09. The van der Waals surface area contributed by atoms with Gasteiger partial charge in [-0.2, -0.15) is 4.31 Å². The number of carbonyl (C=O) groups is 1. The number of nitrogens with zero attached hydrogens (tertiary/aromatic N) is 2. The second-order valence-electron chi connectivity index (χ2n) is 7.26. The first-order chi connectivity index (χ1) is 12.0. The van der Waals surface area contributed by atoms with Crippen LogP contribution in [0.3, 0.4) is 0 Å². The Kier molecular flexibility index (Phi) is 4.64. The lowest BCUT2D eigenvalue weighted by Gasteiger charge is -2.33. The van der Waals surface area contributed by atoms with Crippen LogP contribution in [0.1, 0.15) is 37.0 Å². The van der Waals surface area contributed by atoms with E-state index in [1.165, 1.54) is 15.6 Å². The van der Waals surface area contributed by atoms with Gasteiger partial charge in [0.2, 0.25) is 5.91 Å². The quantitative estimate of drug-likeness (QED) is 0.860. The smallest absolute Gasteiger partial charge is 0.253 e. The van der Waals surface area contributed by atoms with E-state index >= 15 is 0 Å². The van der Waals surface area contributed by atoms with Gasteiger partial charge < -0.3 is 10.2 Å². The van der Waals surface area contributed by atoms with Crippen molar-refractivity contribution in [3.05, 3.63) is 17.0 Å². The molecule has 25 heavy (non-hydrogen) atoms. The van der Waals surface area contributed by atoms with Gasteiger partial charge in [0.25, 0.3) is 10.0 Å². The van der Waals surface area contributed by atoms with Crippen molar-refractivity contribution in [2.24, 2.45) is 0 Å². The average Bonchev–Trinajstić information content (AvgIpc) is 3.25. The van der Waals surface area contributed by atoms with Crippen molar-refractivity contribution in [2.75, 3.05) is 19.6 Å². The molecule has 0 radical (unpaired) electrons. The van der Waals surface area contributed by atoms with Crippen molar-refractivity contribution in [3.63, 3.8) is 0 Å². The molecule has 6 nitrogen and oxygen atoms in total. The summed E-state index contributed by atoms with van der Waals surface area (Å²) in [6.07, 6.45) is 4.41. The zero-order chi connectivity index (χ0) is 17.6. The normalized spacial score (nSPS) is 30.6. The number of amides is 1. The number of hydrogen-bond acceptors (Lipinski definition) is 5. The Morgan fingerprint density at radius 2 is 2.00 bits per heavy atom. The zero-order valence-electron chi connectivity index (χ0n) is 14.5. The van der Waals surface area contributed by atoms with Crippen LogP contribution in [0.5, 0.6) is 0 Å². The number of carbonyl (C=O) groups excluding carboxylic acids is 1. The van der Waals surface area contributed by atoms with Gasteiger partial charge in [0.15, 0.2) is 0 Å². The highest BCUT2D eigenvalue weighted by Gasteiger charge is 2.46. The molecule has 4 heterocycles. The predicted molar refractivity (Wildman–Crippen MR) is 97.1 cm³/mol. The van der Waals surface area contributed by atoms with Crippen LogP contribution in [0.15, 0.2) is 16.3 Å². The number of fused-ring (bicyclic) bond motifs is 2. The third-order valence-corrected chi connectivity index (χ3v) is 9.05. The number of sulfonamides is 1. The number of nitrogens with one attached hydrogen (secondary N) is 1.